The van der Waals surface area contributed by atoms with E-state index in [-0.39, 0.29) is 0 Å². The third kappa shape index (κ3) is 3.24. The number of hydrogen-bond acceptors (Lipinski definition) is 1. The number of anilines is 1. The fraction of sp³-hybridized carbons (Fsp3) is 0.368. The first-order valence-electron chi connectivity index (χ1n) is 7.74. The monoisotopic (exact) mass is 299 g/mol. The van der Waals surface area contributed by atoms with E-state index in [0.29, 0.717) is 17.9 Å². The summed E-state index contributed by atoms with van der Waals surface area (Å²) < 4.78 is 0. The van der Waals surface area contributed by atoms with Crippen LogP contribution in [0, 0.1) is 0 Å². The van der Waals surface area contributed by atoms with E-state index >= 15 is 0 Å². The van der Waals surface area contributed by atoms with Gasteiger partial charge in [-0.1, -0.05) is 55.8 Å². The lowest BCUT2D eigenvalue weighted by atomic mass is 9.75. The van der Waals surface area contributed by atoms with Crippen molar-refractivity contribution < 1.29 is 0 Å². The van der Waals surface area contributed by atoms with Crippen LogP contribution in [0.3, 0.4) is 0 Å². The van der Waals surface area contributed by atoms with Crippen molar-refractivity contribution in [3.63, 3.8) is 0 Å². The van der Waals surface area contributed by atoms with E-state index in [9.17, 15) is 0 Å². The van der Waals surface area contributed by atoms with E-state index in [1.165, 1.54) is 29.7 Å². The van der Waals surface area contributed by atoms with Crippen molar-refractivity contribution in [3.05, 3.63) is 64.7 Å². The zero-order valence-corrected chi connectivity index (χ0v) is 13.4. The molecule has 110 valence electrons. The number of hydrogen-bond donors (Lipinski definition) is 1. The standard InChI is InChI=1S/C19H22ClN/c1-13(2)18-8-3-4-9-19(18)21-17-11-15(12-17)14-6-5-7-16(20)10-14/h3-10,13,15,17,21H,11-12H2,1-2H3. The summed E-state index contributed by atoms with van der Waals surface area (Å²) in [4.78, 5) is 0. The summed E-state index contributed by atoms with van der Waals surface area (Å²) in [7, 11) is 0. The Labute approximate surface area is 132 Å². The zero-order valence-electron chi connectivity index (χ0n) is 12.6. The van der Waals surface area contributed by atoms with Crippen LogP contribution in [0.4, 0.5) is 5.69 Å². The maximum atomic E-state index is 6.08. The molecular formula is C19H22ClN. The molecule has 1 aliphatic carbocycles. The van der Waals surface area contributed by atoms with Gasteiger partial charge in [-0.15, -0.1) is 0 Å². The SMILES string of the molecule is CC(C)c1ccccc1NC1CC(c2cccc(Cl)c2)C1. The lowest BCUT2D eigenvalue weighted by Crippen LogP contribution is -2.34. The van der Waals surface area contributed by atoms with Crippen molar-refractivity contribution in [3.8, 4) is 0 Å². The average molecular weight is 300 g/mol. The summed E-state index contributed by atoms with van der Waals surface area (Å²) in [6.45, 7) is 4.49. The number of para-hydroxylation sites is 1. The molecule has 2 aromatic rings. The lowest BCUT2D eigenvalue weighted by molar-refractivity contribution is 0.374. The fourth-order valence-corrected chi connectivity index (χ4v) is 3.32. The largest absolute Gasteiger partial charge is 0.382 e. The van der Waals surface area contributed by atoms with Crippen molar-refractivity contribution in [1.82, 2.24) is 0 Å². The van der Waals surface area contributed by atoms with Crippen LogP contribution in [0.15, 0.2) is 48.5 Å². The third-order valence-corrected chi connectivity index (χ3v) is 4.64. The van der Waals surface area contributed by atoms with Gasteiger partial charge >= 0.3 is 0 Å². The third-order valence-electron chi connectivity index (χ3n) is 4.40. The van der Waals surface area contributed by atoms with Crippen LogP contribution in [0.25, 0.3) is 0 Å². The molecule has 0 heterocycles. The fourth-order valence-electron chi connectivity index (χ4n) is 3.12. The first-order chi connectivity index (χ1) is 10.1. The second-order valence-corrected chi connectivity index (χ2v) is 6.74. The molecule has 1 nitrogen and oxygen atoms in total. The molecule has 0 unspecified atom stereocenters. The molecule has 0 saturated heterocycles. The van der Waals surface area contributed by atoms with Crippen molar-refractivity contribution in [2.24, 2.45) is 0 Å². The Balaban J connectivity index is 1.63. The van der Waals surface area contributed by atoms with E-state index in [2.05, 4.69) is 55.6 Å². The minimum Gasteiger partial charge on any atom is -0.382 e. The number of halogens is 1. The van der Waals surface area contributed by atoms with Gasteiger partial charge in [-0.3, -0.25) is 0 Å². The first kappa shape index (κ1) is 14.5. The van der Waals surface area contributed by atoms with Crippen molar-refractivity contribution >= 4 is 17.3 Å². The van der Waals surface area contributed by atoms with Crippen LogP contribution in [0.2, 0.25) is 5.02 Å². The molecule has 1 fully saturated rings. The first-order valence-corrected chi connectivity index (χ1v) is 8.12. The summed E-state index contributed by atoms with van der Waals surface area (Å²) in [5, 5.41) is 4.55. The highest BCUT2D eigenvalue weighted by molar-refractivity contribution is 6.30. The van der Waals surface area contributed by atoms with Gasteiger partial charge < -0.3 is 5.32 Å². The zero-order chi connectivity index (χ0) is 14.8. The molecule has 0 bridgehead atoms. The van der Waals surface area contributed by atoms with E-state index in [0.717, 1.165) is 5.02 Å². The topological polar surface area (TPSA) is 12.0 Å². The summed E-state index contributed by atoms with van der Waals surface area (Å²) in [6.07, 6.45) is 2.37. The molecule has 1 aliphatic rings. The highest BCUT2D eigenvalue weighted by Crippen LogP contribution is 2.40. The van der Waals surface area contributed by atoms with Gasteiger partial charge in [0, 0.05) is 16.8 Å². The summed E-state index contributed by atoms with van der Waals surface area (Å²) in [6, 6.07) is 17.5. The van der Waals surface area contributed by atoms with Crippen LogP contribution in [-0.4, -0.2) is 6.04 Å². The predicted molar refractivity (Wildman–Crippen MR) is 91.4 cm³/mol. The van der Waals surface area contributed by atoms with Gasteiger partial charge in [0.05, 0.1) is 0 Å². The van der Waals surface area contributed by atoms with Crippen molar-refractivity contribution in [1.29, 1.82) is 0 Å². The molecule has 0 radical (unpaired) electrons. The highest BCUT2D eigenvalue weighted by Gasteiger charge is 2.30. The number of nitrogens with one attached hydrogen (secondary N) is 1. The van der Waals surface area contributed by atoms with E-state index in [4.69, 9.17) is 11.6 Å². The van der Waals surface area contributed by atoms with Gasteiger partial charge in [-0.25, -0.2) is 0 Å². The smallest absolute Gasteiger partial charge is 0.0408 e. The van der Waals surface area contributed by atoms with Crippen LogP contribution in [0.5, 0.6) is 0 Å². The Hall–Kier alpha value is -1.47. The summed E-state index contributed by atoms with van der Waals surface area (Å²) >= 11 is 6.08. The predicted octanol–water partition coefficient (Wildman–Crippen LogP) is 5.82. The van der Waals surface area contributed by atoms with E-state index in [1.807, 2.05) is 12.1 Å². The van der Waals surface area contributed by atoms with E-state index in [1.54, 1.807) is 0 Å². The second-order valence-electron chi connectivity index (χ2n) is 6.31. The number of rotatable bonds is 4. The molecule has 0 atom stereocenters. The Bertz CT molecular complexity index is 614. The second kappa shape index (κ2) is 6.11. The lowest BCUT2D eigenvalue weighted by Gasteiger charge is -2.37. The Morgan fingerprint density at radius 3 is 2.52 bits per heavy atom. The Kier molecular flexibility index (Phi) is 4.21. The van der Waals surface area contributed by atoms with Gasteiger partial charge in [0.15, 0.2) is 0 Å². The van der Waals surface area contributed by atoms with Gasteiger partial charge in [-0.2, -0.15) is 0 Å². The molecule has 0 aliphatic heterocycles. The summed E-state index contributed by atoms with van der Waals surface area (Å²) in [5.74, 6) is 1.20. The van der Waals surface area contributed by atoms with Gasteiger partial charge in [0.25, 0.3) is 0 Å². The van der Waals surface area contributed by atoms with Crippen LogP contribution in [0.1, 0.15) is 49.7 Å². The van der Waals surface area contributed by atoms with E-state index < -0.39 is 0 Å². The molecule has 21 heavy (non-hydrogen) atoms. The molecule has 0 spiro atoms. The van der Waals surface area contributed by atoms with Crippen LogP contribution >= 0.6 is 11.6 Å². The maximum absolute atomic E-state index is 6.08. The molecule has 2 aromatic carbocycles. The average Bonchev–Trinajstić information content (AvgIpc) is 2.42. The number of benzene rings is 2. The molecule has 1 saturated carbocycles. The molecule has 3 rings (SSSR count). The van der Waals surface area contributed by atoms with Gasteiger partial charge in [-0.05, 0) is 54.0 Å². The Morgan fingerprint density at radius 1 is 1.05 bits per heavy atom. The quantitative estimate of drug-likeness (QED) is 0.750. The normalized spacial score (nSPS) is 21.1. The Morgan fingerprint density at radius 2 is 1.81 bits per heavy atom. The molecule has 2 heteroatoms. The molecule has 1 N–H and O–H groups in total. The molecule has 0 aromatic heterocycles. The minimum atomic E-state index is 0.553. The maximum Gasteiger partial charge on any atom is 0.0408 e. The van der Waals surface area contributed by atoms with Crippen LogP contribution in [-0.2, 0) is 0 Å². The summed E-state index contributed by atoms with van der Waals surface area (Å²) in [5.41, 5.74) is 4.07. The van der Waals surface area contributed by atoms with Gasteiger partial charge in [0.1, 0.15) is 0 Å². The molecule has 0 amide bonds. The van der Waals surface area contributed by atoms with Crippen molar-refractivity contribution in [2.45, 2.75) is 44.6 Å². The minimum absolute atomic E-state index is 0.553. The van der Waals surface area contributed by atoms with Gasteiger partial charge in [0.2, 0.25) is 0 Å². The highest BCUT2D eigenvalue weighted by atomic mass is 35.5. The van der Waals surface area contributed by atoms with Crippen LogP contribution < -0.4 is 5.32 Å². The molecular weight excluding hydrogens is 278 g/mol. The van der Waals surface area contributed by atoms with Crippen molar-refractivity contribution in [2.75, 3.05) is 5.32 Å².